The van der Waals surface area contributed by atoms with E-state index in [0.29, 0.717) is 13.0 Å². The predicted octanol–water partition coefficient (Wildman–Crippen LogP) is -1.06. The lowest BCUT2D eigenvalue weighted by atomic mass is 10.2. The molecule has 0 aliphatic carbocycles. The molecular formula is C9H18N4O3S2. The highest BCUT2D eigenvalue weighted by Crippen LogP contribution is 2.18. The molecule has 1 atom stereocenters. The quantitative estimate of drug-likeness (QED) is 0.295. The van der Waals surface area contributed by atoms with Crippen molar-refractivity contribution in [2.75, 3.05) is 23.8 Å². The fraction of sp³-hybridized carbons (Fsp3) is 0.778. The standard InChI is InChI=1S/C9H18N4O3S2/c1-2-13(7-3-4-18(15,16)6-7)8(14)5-17-9(10)12-11/h7H,2-6,11H2,1H3,(H2,10,12). The topological polar surface area (TPSA) is 119 Å². The lowest BCUT2D eigenvalue weighted by Crippen LogP contribution is -2.42. The van der Waals surface area contributed by atoms with Crippen LogP contribution in [0.5, 0.6) is 0 Å². The molecule has 0 radical (unpaired) electrons. The van der Waals surface area contributed by atoms with E-state index in [0.717, 1.165) is 11.8 Å². The molecule has 18 heavy (non-hydrogen) atoms. The van der Waals surface area contributed by atoms with E-state index in [9.17, 15) is 13.2 Å². The summed E-state index contributed by atoms with van der Waals surface area (Å²) in [5, 5.41) is 3.39. The molecular weight excluding hydrogens is 276 g/mol. The maximum atomic E-state index is 12.0. The van der Waals surface area contributed by atoms with Crippen LogP contribution in [0, 0.1) is 0 Å². The van der Waals surface area contributed by atoms with Gasteiger partial charge >= 0.3 is 0 Å². The van der Waals surface area contributed by atoms with Crippen molar-refractivity contribution in [2.45, 2.75) is 19.4 Å². The van der Waals surface area contributed by atoms with Gasteiger partial charge in [0.05, 0.1) is 17.3 Å². The first kappa shape index (κ1) is 15.1. The Bertz CT molecular complexity index is 435. The number of sulfone groups is 1. The first-order chi connectivity index (χ1) is 8.39. The number of amides is 1. The van der Waals surface area contributed by atoms with Crippen molar-refractivity contribution >= 4 is 32.7 Å². The number of carbonyl (C=O) groups is 1. The second-order valence-electron chi connectivity index (χ2n) is 3.99. The molecule has 1 amide bonds. The molecule has 0 spiro atoms. The van der Waals surface area contributed by atoms with Gasteiger partial charge in [-0.1, -0.05) is 11.8 Å². The minimum absolute atomic E-state index is 0.0533. The maximum Gasteiger partial charge on any atom is 0.233 e. The second kappa shape index (κ2) is 6.28. The lowest BCUT2D eigenvalue weighted by molar-refractivity contribution is -0.129. The Morgan fingerprint density at radius 2 is 2.22 bits per heavy atom. The fourth-order valence-electron chi connectivity index (χ4n) is 1.92. The predicted molar refractivity (Wildman–Crippen MR) is 72.7 cm³/mol. The van der Waals surface area contributed by atoms with Gasteiger partial charge < -0.3 is 16.5 Å². The van der Waals surface area contributed by atoms with Crippen LogP contribution in [0.25, 0.3) is 0 Å². The van der Waals surface area contributed by atoms with Crippen molar-refractivity contribution in [1.82, 2.24) is 4.90 Å². The molecule has 1 aliphatic rings. The van der Waals surface area contributed by atoms with Gasteiger partial charge in [0.1, 0.15) is 0 Å². The molecule has 0 aromatic heterocycles. The van der Waals surface area contributed by atoms with Gasteiger partial charge in [-0.05, 0) is 13.3 Å². The highest BCUT2D eigenvalue weighted by Gasteiger charge is 2.33. The molecule has 0 saturated carbocycles. The van der Waals surface area contributed by atoms with Gasteiger partial charge in [-0.15, -0.1) is 0 Å². The largest absolute Gasteiger partial charge is 0.377 e. The van der Waals surface area contributed by atoms with Crippen LogP contribution in [-0.2, 0) is 14.6 Å². The van der Waals surface area contributed by atoms with E-state index in [1.807, 2.05) is 6.92 Å². The van der Waals surface area contributed by atoms with Crippen molar-refractivity contribution in [2.24, 2.45) is 16.7 Å². The summed E-state index contributed by atoms with van der Waals surface area (Å²) in [5.74, 6) is 5.15. The van der Waals surface area contributed by atoms with E-state index in [-0.39, 0.29) is 34.4 Å². The summed E-state index contributed by atoms with van der Waals surface area (Å²) < 4.78 is 22.8. The SMILES string of the molecule is CCN(C(=O)CSC(N)=NN)C1CCS(=O)(=O)C1. The minimum Gasteiger partial charge on any atom is -0.377 e. The molecule has 1 aliphatic heterocycles. The van der Waals surface area contributed by atoms with E-state index in [2.05, 4.69) is 5.10 Å². The molecule has 1 unspecified atom stereocenters. The van der Waals surface area contributed by atoms with Crippen molar-refractivity contribution in [3.05, 3.63) is 0 Å². The maximum absolute atomic E-state index is 12.0. The Morgan fingerprint density at radius 3 is 2.67 bits per heavy atom. The summed E-state index contributed by atoms with van der Waals surface area (Å²) in [6.07, 6.45) is 0.507. The Hall–Kier alpha value is -0.960. The van der Waals surface area contributed by atoms with Gasteiger partial charge in [0.2, 0.25) is 5.91 Å². The molecule has 0 aromatic rings. The zero-order valence-corrected chi connectivity index (χ0v) is 11.8. The zero-order chi connectivity index (χ0) is 13.8. The number of rotatable bonds is 4. The molecule has 1 rings (SSSR count). The van der Waals surface area contributed by atoms with Crippen molar-refractivity contribution < 1.29 is 13.2 Å². The van der Waals surface area contributed by atoms with Crippen molar-refractivity contribution in [3.8, 4) is 0 Å². The van der Waals surface area contributed by atoms with Crippen LogP contribution < -0.4 is 11.6 Å². The average Bonchev–Trinajstić information content (AvgIpc) is 2.67. The third-order valence-electron chi connectivity index (χ3n) is 2.78. The number of nitrogens with zero attached hydrogens (tertiary/aromatic N) is 2. The van der Waals surface area contributed by atoms with Gasteiger partial charge in [0.15, 0.2) is 15.0 Å². The first-order valence-corrected chi connectivity index (χ1v) is 8.36. The average molecular weight is 294 g/mol. The van der Waals surface area contributed by atoms with Crippen LogP contribution in [0.3, 0.4) is 0 Å². The number of hydrogen-bond donors (Lipinski definition) is 2. The number of nitrogens with two attached hydrogens (primary N) is 2. The summed E-state index contributed by atoms with van der Waals surface area (Å²) in [5.41, 5.74) is 5.38. The summed E-state index contributed by atoms with van der Waals surface area (Å²) in [6.45, 7) is 2.31. The van der Waals surface area contributed by atoms with Crippen molar-refractivity contribution in [3.63, 3.8) is 0 Å². The Morgan fingerprint density at radius 1 is 1.56 bits per heavy atom. The normalized spacial score (nSPS) is 22.9. The van der Waals surface area contributed by atoms with Gasteiger partial charge in [-0.3, -0.25) is 4.79 Å². The van der Waals surface area contributed by atoms with Crippen LogP contribution in [0.4, 0.5) is 0 Å². The van der Waals surface area contributed by atoms with Crippen LogP contribution in [-0.4, -0.2) is 54.2 Å². The van der Waals surface area contributed by atoms with Gasteiger partial charge in [0.25, 0.3) is 0 Å². The number of hydrazone groups is 1. The zero-order valence-electron chi connectivity index (χ0n) is 10.2. The highest BCUT2D eigenvalue weighted by molar-refractivity contribution is 8.14. The third-order valence-corrected chi connectivity index (χ3v) is 5.32. The number of amidine groups is 1. The van der Waals surface area contributed by atoms with Crippen LogP contribution in [0.2, 0.25) is 0 Å². The minimum atomic E-state index is -2.99. The molecule has 1 saturated heterocycles. The van der Waals surface area contributed by atoms with E-state index >= 15 is 0 Å². The molecule has 7 nitrogen and oxygen atoms in total. The second-order valence-corrected chi connectivity index (χ2v) is 7.22. The summed E-state index contributed by atoms with van der Waals surface area (Å²) >= 11 is 1.05. The molecule has 104 valence electrons. The van der Waals surface area contributed by atoms with Crippen molar-refractivity contribution in [1.29, 1.82) is 0 Å². The molecule has 0 aromatic carbocycles. The Kier molecular flexibility index (Phi) is 5.27. The Balaban J connectivity index is 2.58. The van der Waals surface area contributed by atoms with E-state index < -0.39 is 9.84 Å². The monoisotopic (exact) mass is 294 g/mol. The van der Waals surface area contributed by atoms with Gasteiger partial charge in [-0.25, -0.2) is 8.42 Å². The van der Waals surface area contributed by atoms with Crippen LogP contribution >= 0.6 is 11.8 Å². The molecule has 4 N–H and O–H groups in total. The van der Waals surface area contributed by atoms with E-state index in [4.69, 9.17) is 11.6 Å². The van der Waals surface area contributed by atoms with E-state index in [1.54, 1.807) is 4.90 Å². The number of thioether (sulfide) groups is 1. The highest BCUT2D eigenvalue weighted by atomic mass is 32.2. The van der Waals surface area contributed by atoms with E-state index in [1.165, 1.54) is 0 Å². The summed E-state index contributed by atoms with van der Waals surface area (Å²) in [6, 6.07) is -0.218. The summed E-state index contributed by atoms with van der Waals surface area (Å²) in [4.78, 5) is 13.5. The molecule has 1 heterocycles. The summed E-state index contributed by atoms with van der Waals surface area (Å²) in [7, 11) is -2.99. The van der Waals surface area contributed by atoms with Crippen LogP contribution in [0.15, 0.2) is 5.10 Å². The first-order valence-electron chi connectivity index (χ1n) is 5.55. The van der Waals surface area contributed by atoms with Gasteiger partial charge in [-0.2, -0.15) is 5.10 Å². The molecule has 0 bridgehead atoms. The lowest BCUT2D eigenvalue weighted by Gasteiger charge is -2.26. The molecule has 1 fully saturated rings. The number of carbonyl (C=O) groups excluding carboxylic acids is 1. The Labute approximate surface area is 111 Å². The third kappa shape index (κ3) is 4.05. The molecule has 9 heteroatoms. The van der Waals surface area contributed by atoms with Crippen LogP contribution in [0.1, 0.15) is 13.3 Å². The fourth-order valence-corrected chi connectivity index (χ4v) is 4.16. The van der Waals surface area contributed by atoms with Gasteiger partial charge in [0, 0.05) is 12.6 Å². The smallest absolute Gasteiger partial charge is 0.233 e. The number of hydrogen-bond acceptors (Lipinski definition) is 6.